The molecule has 5 rings (SSSR count). The molecule has 1 heterocycles. The molecule has 3 aliphatic carbocycles. The van der Waals surface area contributed by atoms with E-state index in [4.69, 9.17) is 9.47 Å². The zero-order chi connectivity index (χ0) is 19.1. The van der Waals surface area contributed by atoms with Gasteiger partial charge in [0.2, 0.25) is 0 Å². The molecule has 2 fully saturated rings. The first-order valence-electron chi connectivity index (χ1n) is 9.15. The lowest BCUT2D eigenvalue weighted by Crippen LogP contribution is -2.38. The van der Waals surface area contributed by atoms with Gasteiger partial charge in [0.1, 0.15) is 0 Å². The van der Waals surface area contributed by atoms with Crippen LogP contribution < -0.4 is 9.47 Å². The van der Waals surface area contributed by atoms with E-state index >= 15 is 0 Å². The Bertz CT molecular complexity index is 819. The molecule has 27 heavy (non-hydrogen) atoms. The summed E-state index contributed by atoms with van der Waals surface area (Å²) in [5.41, 5.74) is 0.747. The van der Waals surface area contributed by atoms with Crippen LogP contribution in [-0.4, -0.2) is 36.8 Å². The second kappa shape index (κ2) is 7.26. The van der Waals surface area contributed by atoms with Crippen LogP contribution in [0.2, 0.25) is 0 Å². The van der Waals surface area contributed by atoms with Gasteiger partial charge in [0.05, 0.1) is 35.3 Å². The molecule has 1 aromatic carbocycles. The SMILES string of the molecule is CCOc1c(I)cc(/C=N\N2C(=O)[C@@H]3[C@H](C2=O)[C@H]2C=C[C@H]3CC2)cc1OC. The van der Waals surface area contributed by atoms with Crippen LogP contribution in [0.25, 0.3) is 0 Å². The molecule has 0 radical (unpaired) electrons. The van der Waals surface area contributed by atoms with Crippen molar-refractivity contribution in [3.8, 4) is 11.5 Å². The topological polar surface area (TPSA) is 68.2 Å². The highest BCUT2D eigenvalue weighted by atomic mass is 127. The zero-order valence-electron chi connectivity index (χ0n) is 15.2. The number of hydrogen-bond acceptors (Lipinski definition) is 5. The highest BCUT2D eigenvalue weighted by Gasteiger charge is 2.56. The molecule has 0 N–H and O–H groups in total. The summed E-state index contributed by atoms with van der Waals surface area (Å²) in [6.07, 6.45) is 7.71. The first-order valence-corrected chi connectivity index (χ1v) is 10.2. The fraction of sp³-hybridized carbons (Fsp3) is 0.450. The minimum Gasteiger partial charge on any atom is -0.493 e. The van der Waals surface area contributed by atoms with E-state index in [2.05, 4.69) is 39.8 Å². The Morgan fingerprint density at radius 1 is 1.19 bits per heavy atom. The molecule has 4 atom stereocenters. The van der Waals surface area contributed by atoms with Crippen molar-refractivity contribution in [1.29, 1.82) is 0 Å². The zero-order valence-corrected chi connectivity index (χ0v) is 17.4. The number of carbonyl (C=O) groups excluding carboxylic acids is 2. The van der Waals surface area contributed by atoms with E-state index in [1.807, 2.05) is 13.0 Å². The van der Waals surface area contributed by atoms with Gasteiger partial charge in [-0.2, -0.15) is 10.1 Å². The molecule has 1 saturated heterocycles. The fourth-order valence-corrected chi connectivity index (χ4v) is 5.18. The van der Waals surface area contributed by atoms with Crippen LogP contribution >= 0.6 is 22.6 Å². The van der Waals surface area contributed by atoms with Crippen molar-refractivity contribution < 1.29 is 19.1 Å². The first-order chi connectivity index (χ1) is 13.0. The molecule has 2 bridgehead atoms. The molecule has 0 aromatic heterocycles. The highest BCUT2D eigenvalue weighted by molar-refractivity contribution is 14.1. The van der Waals surface area contributed by atoms with E-state index in [-0.39, 0.29) is 35.5 Å². The van der Waals surface area contributed by atoms with E-state index < -0.39 is 0 Å². The Balaban J connectivity index is 1.59. The van der Waals surface area contributed by atoms with Crippen molar-refractivity contribution in [2.45, 2.75) is 19.8 Å². The van der Waals surface area contributed by atoms with Crippen molar-refractivity contribution >= 4 is 40.6 Å². The summed E-state index contributed by atoms with van der Waals surface area (Å²) in [5, 5.41) is 5.32. The van der Waals surface area contributed by atoms with Gasteiger partial charge in [0.25, 0.3) is 11.8 Å². The number of carbonyl (C=O) groups is 2. The molecular weight excluding hydrogens is 459 g/mol. The van der Waals surface area contributed by atoms with Crippen LogP contribution in [0.5, 0.6) is 11.5 Å². The minimum absolute atomic E-state index is 0.170. The number of rotatable bonds is 5. The lowest BCUT2D eigenvalue weighted by molar-refractivity contribution is -0.140. The molecule has 0 unspecified atom stereocenters. The van der Waals surface area contributed by atoms with Gasteiger partial charge < -0.3 is 9.47 Å². The molecule has 1 aromatic rings. The van der Waals surface area contributed by atoms with Gasteiger partial charge in [-0.1, -0.05) is 12.2 Å². The maximum Gasteiger partial charge on any atom is 0.254 e. The number of nitrogens with zero attached hydrogens (tertiary/aromatic N) is 2. The number of methoxy groups -OCH3 is 1. The number of allylic oxidation sites excluding steroid dienone is 2. The predicted octanol–water partition coefficient (Wildman–Crippen LogP) is 3.23. The number of halogens is 1. The summed E-state index contributed by atoms with van der Waals surface area (Å²) < 4.78 is 11.9. The van der Waals surface area contributed by atoms with Crippen molar-refractivity contribution in [3.05, 3.63) is 33.4 Å². The largest absolute Gasteiger partial charge is 0.493 e. The normalized spacial score (nSPS) is 28.9. The first kappa shape index (κ1) is 18.5. The smallest absolute Gasteiger partial charge is 0.254 e. The molecule has 7 heteroatoms. The van der Waals surface area contributed by atoms with Crippen molar-refractivity contribution in [3.63, 3.8) is 0 Å². The van der Waals surface area contributed by atoms with E-state index in [1.54, 1.807) is 19.4 Å². The third-order valence-electron chi connectivity index (χ3n) is 5.60. The fourth-order valence-electron chi connectivity index (χ4n) is 4.40. The van der Waals surface area contributed by atoms with Gasteiger partial charge >= 0.3 is 0 Å². The standard InChI is InChI=1S/C20H21IN2O4/c1-3-27-18-14(21)8-11(9-15(18)26-2)10-22-23-19(24)16-12-4-5-13(7-6-12)17(16)20(23)25/h4-5,8-10,12-13,16-17H,3,6-7H2,1-2H3/b22-10-/t12-,13-,16-,17+/m0/s1. The average Bonchev–Trinajstić information content (AvgIpc) is 2.95. The molecule has 6 nitrogen and oxygen atoms in total. The lowest BCUT2D eigenvalue weighted by Gasteiger charge is -2.37. The second-order valence-corrected chi connectivity index (χ2v) is 8.20. The van der Waals surface area contributed by atoms with Crippen molar-refractivity contribution in [1.82, 2.24) is 5.01 Å². The van der Waals surface area contributed by atoms with Crippen molar-refractivity contribution in [2.75, 3.05) is 13.7 Å². The summed E-state index contributed by atoms with van der Waals surface area (Å²) in [6, 6.07) is 3.68. The molecule has 142 valence electrons. The van der Waals surface area contributed by atoms with Crippen LogP contribution in [0.3, 0.4) is 0 Å². The Morgan fingerprint density at radius 2 is 1.81 bits per heavy atom. The number of benzene rings is 1. The number of fused-ring (bicyclic) bond motifs is 1. The van der Waals surface area contributed by atoms with Crippen LogP contribution in [0.15, 0.2) is 29.4 Å². The number of amides is 2. The Labute approximate surface area is 171 Å². The van der Waals surface area contributed by atoms with Gasteiger partial charge in [-0.15, -0.1) is 0 Å². The van der Waals surface area contributed by atoms with Gasteiger partial charge in [-0.05, 0) is 71.9 Å². The number of hydrazone groups is 1. The van der Waals surface area contributed by atoms with E-state index in [1.165, 1.54) is 0 Å². The predicted molar refractivity (Wildman–Crippen MR) is 109 cm³/mol. The van der Waals surface area contributed by atoms with Crippen LogP contribution in [0.1, 0.15) is 25.3 Å². The number of hydrogen-bond donors (Lipinski definition) is 0. The molecular formula is C20H21IN2O4. The summed E-state index contributed by atoms with van der Waals surface area (Å²) in [7, 11) is 1.58. The van der Waals surface area contributed by atoms with Crippen molar-refractivity contribution in [2.24, 2.45) is 28.8 Å². The van der Waals surface area contributed by atoms with E-state index in [9.17, 15) is 9.59 Å². The van der Waals surface area contributed by atoms with Crippen LogP contribution in [0.4, 0.5) is 0 Å². The molecule has 0 spiro atoms. The molecule has 4 aliphatic rings. The Kier molecular flexibility index (Phi) is 4.96. The maximum atomic E-state index is 12.8. The molecule has 1 aliphatic heterocycles. The third-order valence-corrected chi connectivity index (χ3v) is 6.40. The molecule has 1 saturated carbocycles. The molecule has 2 amide bonds. The van der Waals surface area contributed by atoms with Gasteiger partial charge in [0, 0.05) is 0 Å². The number of imide groups is 1. The summed E-state index contributed by atoms with van der Waals surface area (Å²) in [6.45, 7) is 2.45. The van der Waals surface area contributed by atoms with Gasteiger partial charge in [-0.3, -0.25) is 9.59 Å². The number of ether oxygens (including phenoxy) is 2. The quantitative estimate of drug-likeness (QED) is 0.281. The Morgan fingerprint density at radius 3 is 2.33 bits per heavy atom. The van der Waals surface area contributed by atoms with Crippen LogP contribution in [0, 0.1) is 27.2 Å². The highest BCUT2D eigenvalue weighted by Crippen LogP contribution is 2.49. The lowest BCUT2D eigenvalue weighted by atomic mass is 9.63. The van der Waals surface area contributed by atoms with E-state index in [0.717, 1.165) is 27.0 Å². The average molecular weight is 480 g/mol. The second-order valence-electron chi connectivity index (χ2n) is 7.04. The van der Waals surface area contributed by atoms with Gasteiger partial charge in [0.15, 0.2) is 11.5 Å². The minimum atomic E-state index is -0.242. The van der Waals surface area contributed by atoms with E-state index in [0.29, 0.717) is 18.1 Å². The monoisotopic (exact) mass is 480 g/mol. The summed E-state index contributed by atoms with van der Waals surface area (Å²) in [5.74, 6) is 0.786. The maximum absolute atomic E-state index is 12.8. The summed E-state index contributed by atoms with van der Waals surface area (Å²) >= 11 is 2.17. The third kappa shape index (κ3) is 3.05. The van der Waals surface area contributed by atoms with Crippen LogP contribution in [-0.2, 0) is 9.59 Å². The Hall–Kier alpha value is -1.90. The van der Waals surface area contributed by atoms with Gasteiger partial charge in [-0.25, -0.2) is 0 Å². The summed E-state index contributed by atoms with van der Waals surface area (Å²) in [4.78, 5) is 25.6.